The lowest BCUT2D eigenvalue weighted by Crippen LogP contribution is -2.02. The second-order valence-corrected chi connectivity index (χ2v) is 5.01. The van der Waals surface area contributed by atoms with Gasteiger partial charge in [-0.1, -0.05) is 37.0 Å². The van der Waals surface area contributed by atoms with Crippen molar-refractivity contribution >= 4 is 34.2 Å². The number of halogens is 2. The minimum absolute atomic E-state index is 0.183. The summed E-state index contributed by atoms with van der Waals surface area (Å²) in [5, 5.41) is 0.366. The Morgan fingerprint density at radius 3 is 1.60 bits per heavy atom. The van der Waals surface area contributed by atoms with Gasteiger partial charge < -0.3 is 9.47 Å². The van der Waals surface area contributed by atoms with Gasteiger partial charge in [-0.15, -0.1) is 0 Å². The molecule has 0 N–H and O–H groups in total. The molecule has 6 heteroatoms. The number of nitrogens with zero attached hydrogens (tertiary/aromatic N) is 2. The fourth-order valence-corrected chi connectivity index (χ4v) is 1.94. The molecule has 0 aliphatic heterocycles. The van der Waals surface area contributed by atoms with Crippen LogP contribution in [-0.2, 0) is 0 Å². The van der Waals surface area contributed by atoms with Crippen LogP contribution < -0.4 is 9.47 Å². The number of ether oxygens (including phenoxy) is 2. The molecule has 0 amide bonds. The Kier molecular flexibility index (Phi) is 5.26. The second-order valence-electron chi connectivity index (χ2n) is 4.29. The molecule has 20 heavy (non-hydrogen) atoms. The van der Waals surface area contributed by atoms with Crippen LogP contribution in [0.5, 0.6) is 11.5 Å². The van der Waals surface area contributed by atoms with Crippen molar-refractivity contribution < 1.29 is 9.47 Å². The Morgan fingerprint density at radius 1 is 0.850 bits per heavy atom. The van der Waals surface area contributed by atoms with Gasteiger partial charge in [0.25, 0.3) is 0 Å². The van der Waals surface area contributed by atoms with Gasteiger partial charge in [0, 0.05) is 12.1 Å². The molecular formula is C14H16Cl2N2O2. The van der Waals surface area contributed by atoms with E-state index in [4.69, 9.17) is 32.7 Å². The Bertz CT molecular complexity index is 553. The number of hydrogen-bond acceptors (Lipinski definition) is 4. The van der Waals surface area contributed by atoms with E-state index < -0.39 is 0 Å². The van der Waals surface area contributed by atoms with E-state index in [0.29, 0.717) is 35.7 Å². The van der Waals surface area contributed by atoms with E-state index in [1.165, 1.54) is 0 Å². The van der Waals surface area contributed by atoms with Gasteiger partial charge in [-0.3, -0.25) is 0 Å². The highest BCUT2D eigenvalue weighted by Crippen LogP contribution is 2.33. The first-order valence-corrected chi connectivity index (χ1v) is 7.33. The number of aromatic nitrogens is 2. The number of benzene rings is 1. The van der Waals surface area contributed by atoms with Gasteiger partial charge in [-0.25, -0.2) is 9.97 Å². The van der Waals surface area contributed by atoms with Crippen molar-refractivity contribution in [1.82, 2.24) is 9.97 Å². The minimum atomic E-state index is 0.183. The summed E-state index contributed by atoms with van der Waals surface area (Å²) in [6.07, 6.45) is 1.83. The zero-order valence-electron chi connectivity index (χ0n) is 11.4. The zero-order chi connectivity index (χ0) is 14.5. The molecule has 0 fully saturated rings. The van der Waals surface area contributed by atoms with Crippen molar-refractivity contribution in [2.45, 2.75) is 26.7 Å². The van der Waals surface area contributed by atoms with Crippen LogP contribution in [0.15, 0.2) is 12.1 Å². The highest BCUT2D eigenvalue weighted by atomic mass is 35.5. The normalized spacial score (nSPS) is 10.8. The van der Waals surface area contributed by atoms with Gasteiger partial charge in [-0.2, -0.15) is 0 Å². The average Bonchev–Trinajstić information content (AvgIpc) is 2.44. The smallest absolute Gasteiger partial charge is 0.167 e. The molecule has 2 rings (SSSR count). The average molecular weight is 315 g/mol. The van der Waals surface area contributed by atoms with Crippen LogP contribution >= 0.6 is 23.2 Å². The molecule has 0 atom stereocenters. The first kappa shape index (κ1) is 15.1. The highest BCUT2D eigenvalue weighted by molar-refractivity contribution is 6.40. The molecule has 0 spiro atoms. The summed E-state index contributed by atoms with van der Waals surface area (Å²) in [7, 11) is 0. The Hall–Kier alpha value is -1.26. The summed E-state index contributed by atoms with van der Waals surface area (Å²) in [6.45, 7) is 5.32. The van der Waals surface area contributed by atoms with Gasteiger partial charge in [0.2, 0.25) is 0 Å². The fourth-order valence-electron chi connectivity index (χ4n) is 1.67. The van der Waals surface area contributed by atoms with Crippen LogP contribution in [0.3, 0.4) is 0 Å². The SMILES string of the molecule is CCCOc1cc2nc(Cl)c(Cl)nc2cc1OCCC. The molecule has 0 bridgehead atoms. The van der Waals surface area contributed by atoms with Crippen molar-refractivity contribution in [3.63, 3.8) is 0 Å². The van der Waals surface area contributed by atoms with Gasteiger partial charge in [-0.05, 0) is 12.8 Å². The van der Waals surface area contributed by atoms with Crippen molar-refractivity contribution in [2.24, 2.45) is 0 Å². The highest BCUT2D eigenvalue weighted by Gasteiger charge is 2.12. The molecule has 4 nitrogen and oxygen atoms in total. The molecule has 0 saturated heterocycles. The Balaban J connectivity index is 2.46. The third-order valence-corrected chi connectivity index (χ3v) is 3.20. The zero-order valence-corrected chi connectivity index (χ0v) is 13.0. The maximum Gasteiger partial charge on any atom is 0.167 e. The summed E-state index contributed by atoms with van der Waals surface area (Å²) in [6, 6.07) is 3.57. The molecule has 108 valence electrons. The van der Waals surface area contributed by atoms with Crippen molar-refractivity contribution in [2.75, 3.05) is 13.2 Å². The lowest BCUT2D eigenvalue weighted by Gasteiger charge is -2.13. The van der Waals surface area contributed by atoms with E-state index in [1.807, 2.05) is 13.8 Å². The maximum absolute atomic E-state index is 5.89. The monoisotopic (exact) mass is 314 g/mol. The van der Waals surface area contributed by atoms with Gasteiger partial charge >= 0.3 is 0 Å². The van der Waals surface area contributed by atoms with Crippen molar-refractivity contribution in [1.29, 1.82) is 0 Å². The molecule has 1 aromatic carbocycles. The standard InChI is InChI=1S/C14H16Cl2N2O2/c1-3-5-19-11-7-9-10(8-12(11)20-6-4-2)18-14(16)13(15)17-9/h7-8H,3-6H2,1-2H3. The van der Waals surface area contributed by atoms with E-state index in [-0.39, 0.29) is 10.3 Å². The second kappa shape index (κ2) is 6.95. The molecule has 0 aliphatic rings. The largest absolute Gasteiger partial charge is 0.490 e. The fraction of sp³-hybridized carbons (Fsp3) is 0.429. The number of fused-ring (bicyclic) bond motifs is 1. The van der Waals surface area contributed by atoms with Gasteiger partial charge in [0.05, 0.1) is 24.2 Å². The molecule has 0 unspecified atom stereocenters. The predicted octanol–water partition coefficient (Wildman–Crippen LogP) is 4.51. The van der Waals surface area contributed by atoms with E-state index >= 15 is 0 Å². The Labute approximate surface area is 128 Å². The number of hydrogen-bond donors (Lipinski definition) is 0. The van der Waals surface area contributed by atoms with Crippen LogP contribution in [0, 0.1) is 0 Å². The summed E-state index contributed by atoms with van der Waals surface area (Å²) >= 11 is 11.8. The summed E-state index contributed by atoms with van der Waals surface area (Å²) < 4.78 is 11.4. The van der Waals surface area contributed by atoms with Crippen LogP contribution in [0.4, 0.5) is 0 Å². The summed E-state index contributed by atoms with van der Waals surface area (Å²) in [5.41, 5.74) is 1.27. The van der Waals surface area contributed by atoms with Crippen LogP contribution in [0.25, 0.3) is 11.0 Å². The van der Waals surface area contributed by atoms with E-state index in [9.17, 15) is 0 Å². The molecule has 2 aromatic rings. The lowest BCUT2D eigenvalue weighted by atomic mass is 10.2. The molecule has 0 radical (unpaired) electrons. The summed E-state index contributed by atoms with van der Waals surface area (Å²) in [5.74, 6) is 1.31. The third-order valence-electron chi connectivity index (χ3n) is 2.57. The van der Waals surface area contributed by atoms with Crippen molar-refractivity contribution in [3.8, 4) is 11.5 Å². The predicted molar refractivity (Wildman–Crippen MR) is 81.1 cm³/mol. The van der Waals surface area contributed by atoms with Crippen LogP contribution in [0.1, 0.15) is 26.7 Å². The third kappa shape index (κ3) is 3.44. The maximum atomic E-state index is 5.89. The van der Waals surface area contributed by atoms with Gasteiger partial charge in [0.1, 0.15) is 0 Å². The van der Waals surface area contributed by atoms with E-state index in [2.05, 4.69) is 9.97 Å². The van der Waals surface area contributed by atoms with E-state index in [1.54, 1.807) is 12.1 Å². The van der Waals surface area contributed by atoms with Crippen molar-refractivity contribution in [3.05, 3.63) is 22.4 Å². The number of rotatable bonds is 6. The minimum Gasteiger partial charge on any atom is -0.490 e. The molecule has 0 aliphatic carbocycles. The van der Waals surface area contributed by atoms with Crippen LogP contribution in [0.2, 0.25) is 10.3 Å². The first-order chi connectivity index (χ1) is 9.65. The quantitative estimate of drug-likeness (QED) is 0.786. The first-order valence-electron chi connectivity index (χ1n) is 6.58. The Morgan fingerprint density at radius 2 is 1.25 bits per heavy atom. The molecule has 1 heterocycles. The van der Waals surface area contributed by atoms with Crippen LogP contribution in [-0.4, -0.2) is 23.2 Å². The van der Waals surface area contributed by atoms with Gasteiger partial charge in [0.15, 0.2) is 21.8 Å². The summed E-state index contributed by atoms with van der Waals surface area (Å²) in [4.78, 5) is 8.40. The van der Waals surface area contributed by atoms with E-state index in [0.717, 1.165) is 12.8 Å². The molecule has 0 saturated carbocycles. The topological polar surface area (TPSA) is 44.2 Å². The molecule has 1 aromatic heterocycles. The lowest BCUT2D eigenvalue weighted by molar-refractivity contribution is 0.269. The molecular weight excluding hydrogens is 299 g/mol.